The number of thioether (sulfide) groups is 1. The molecule has 132 valence electrons. The molecule has 0 aliphatic rings. The Kier molecular flexibility index (Phi) is 5.28. The summed E-state index contributed by atoms with van der Waals surface area (Å²) >= 11 is 1.27. The minimum Gasteiger partial charge on any atom is -0.325 e. The van der Waals surface area contributed by atoms with Crippen molar-refractivity contribution in [1.82, 2.24) is 14.8 Å². The van der Waals surface area contributed by atoms with Gasteiger partial charge in [0.15, 0.2) is 11.0 Å². The second kappa shape index (κ2) is 7.79. The molecule has 0 aliphatic carbocycles. The lowest BCUT2D eigenvalue weighted by Crippen LogP contribution is -2.14. The molecule has 0 saturated carbocycles. The van der Waals surface area contributed by atoms with Crippen LogP contribution in [0.2, 0.25) is 0 Å². The van der Waals surface area contributed by atoms with Gasteiger partial charge in [-0.25, -0.2) is 0 Å². The van der Waals surface area contributed by atoms with Crippen LogP contribution in [0.15, 0.2) is 59.8 Å². The van der Waals surface area contributed by atoms with Crippen LogP contribution in [0.4, 0.5) is 11.4 Å². The summed E-state index contributed by atoms with van der Waals surface area (Å²) in [4.78, 5) is 22.3. The number of hydrogen-bond acceptors (Lipinski definition) is 6. The second-order valence-corrected chi connectivity index (χ2v) is 6.31. The highest BCUT2D eigenvalue weighted by molar-refractivity contribution is 7.99. The first-order valence-electron chi connectivity index (χ1n) is 7.66. The van der Waals surface area contributed by atoms with Gasteiger partial charge in [0.05, 0.1) is 10.7 Å². The van der Waals surface area contributed by atoms with Gasteiger partial charge in [-0.05, 0) is 24.3 Å². The molecule has 0 unspecified atom stereocenters. The lowest BCUT2D eigenvalue weighted by atomic mass is 10.2. The van der Waals surface area contributed by atoms with E-state index < -0.39 is 4.92 Å². The Hall–Kier alpha value is -3.20. The summed E-state index contributed by atoms with van der Waals surface area (Å²) in [5.74, 6) is 0.633. The number of aromatic nitrogens is 3. The standard InChI is InChI=1S/C17H15N5O3S/c1-21-16(12-7-9-14(10-8-12)22(24)25)19-20-17(21)26-11-15(23)18-13-5-3-2-4-6-13/h2-10H,11H2,1H3,(H,18,23). The van der Waals surface area contributed by atoms with Crippen molar-refractivity contribution in [2.75, 3.05) is 11.1 Å². The number of nitro benzene ring substituents is 1. The van der Waals surface area contributed by atoms with Gasteiger partial charge in [0, 0.05) is 30.4 Å². The number of hydrogen-bond donors (Lipinski definition) is 1. The summed E-state index contributed by atoms with van der Waals surface area (Å²) in [6, 6.07) is 15.3. The number of para-hydroxylation sites is 1. The zero-order valence-electron chi connectivity index (χ0n) is 13.8. The number of non-ortho nitro benzene ring substituents is 1. The predicted octanol–water partition coefficient (Wildman–Crippen LogP) is 3.12. The van der Waals surface area contributed by atoms with Gasteiger partial charge >= 0.3 is 0 Å². The van der Waals surface area contributed by atoms with Crippen molar-refractivity contribution in [3.8, 4) is 11.4 Å². The Morgan fingerprint density at radius 1 is 1.15 bits per heavy atom. The van der Waals surface area contributed by atoms with E-state index in [1.54, 1.807) is 23.7 Å². The molecule has 2 aromatic carbocycles. The Morgan fingerprint density at radius 2 is 1.85 bits per heavy atom. The second-order valence-electron chi connectivity index (χ2n) is 5.37. The van der Waals surface area contributed by atoms with Crippen molar-refractivity contribution >= 4 is 29.0 Å². The highest BCUT2D eigenvalue weighted by Gasteiger charge is 2.14. The molecule has 0 fully saturated rings. The number of nitro groups is 1. The van der Waals surface area contributed by atoms with Gasteiger partial charge in [-0.2, -0.15) is 0 Å². The fourth-order valence-corrected chi connectivity index (χ4v) is 2.98. The van der Waals surface area contributed by atoms with Crippen LogP contribution in [0.25, 0.3) is 11.4 Å². The summed E-state index contributed by atoms with van der Waals surface area (Å²) < 4.78 is 1.75. The third kappa shape index (κ3) is 4.06. The smallest absolute Gasteiger partial charge is 0.269 e. The molecule has 26 heavy (non-hydrogen) atoms. The van der Waals surface area contributed by atoms with E-state index in [0.717, 1.165) is 5.69 Å². The van der Waals surface area contributed by atoms with E-state index in [4.69, 9.17) is 0 Å². The summed E-state index contributed by atoms with van der Waals surface area (Å²) in [6.45, 7) is 0. The van der Waals surface area contributed by atoms with Gasteiger partial charge in [-0.15, -0.1) is 10.2 Å². The van der Waals surface area contributed by atoms with E-state index in [-0.39, 0.29) is 17.3 Å². The Bertz CT molecular complexity index is 925. The zero-order valence-corrected chi connectivity index (χ0v) is 14.6. The third-order valence-corrected chi connectivity index (χ3v) is 4.58. The van der Waals surface area contributed by atoms with Gasteiger partial charge in [0.1, 0.15) is 0 Å². The topological polar surface area (TPSA) is 103 Å². The number of amides is 1. The number of carbonyl (C=O) groups excluding carboxylic acids is 1. The number of nitrogens with one attached hydrogen (secondary N) is 1. The van der Waals surface area contributed by atoms with E-state index >= 15 is 0 Å². The van der Waals surface area contributed by atoms with Gasteiger partial charge < -0.3 is 9.88 Å². The monoisotopic (exact) mass is 369 g/mol. The lowest BCUT2D eigenvalue weighted by Gasteiger charge is -2.05. The molecular formula is C17H15N5O3S. The van der Waals surface area contributed by atoms with Gasteiger partial charge in [0.2, 0.25) is 5.91 Å². The minimum absolute atomic E-state index is 0.0168. The van der Waals surface area contributed by atoms with E-state index in [0.29, 0.717) is 16.5 Å². The normalized spacial score (nSPS) is 10.5. The Balaban J connectivity index is 1.65. The summed E-state index contributed by atoms with van der Waals surface area (Å²) in [6.07, 6.45) is 0. The van der Waals surface area contributed by atoms with Crippen LogP contribution in [0.1, 0.15) is 0 Å². The summed E-state index contributed by atoms with van der Waals surface area (Å²) in [7, 11) is 1.79. The maximum absolute atomic E-state index is 12.0. The van der Waals surface area contributed by atoms with E-state index in [1.165, 1.54) is 23.9 Å². The number of anilines is 1. The van der Waals surface area contributed by atoms with Crippen molar-refractivity contribution in [2.24, 2.45) is 7.05 Å². The molecule has 0 atom stereocenters. The molecule has 8 nitrogen and oxygen atoms in total. The summed E-state index contributed by atoms with van der Waals surface area (Å²) in [5, 5.41) is 22.3. The van der Waals surface area contributed by atoms with Crippen LogP contribution >= 0.6 is 11.8 Å². The SMILES string of the molecule is Cn1c(SCC(=O)Nc2ccccc2)nnc1-c1ccc([N+](=O)[O-])cc1. The van der Waals surface area contributed by atoms with Crippen molar-refractivity contribution in [2.45, 2.75) is 5.16 Å². The Morgan fingerprint density at radius 3 is 2.50 bits per heavy atom. The van der Waals surface area contributed by atoms with Crippen molar-refractivity contribution in [1.29, 1.82) is 0 Å². The number of nitrogens with zero attached hydrogens (tertiary/aromatic N) is 4. The van der Waals surface area contributed by atoms with Crippen molar-refractivity contribution in [3.05, 3.63) is 64.7 Å². The third-order valence-electron chi connectivity index (χ3n) is 3.56. The van der Waals surface area contributed by atoms with Crippen LogP contribution in [-0.2, 0) is 11.8 Å². The average Bonchev–Trinajstić information content (AvgIpc) is 3.01. The molecule has 1 aromatic heterocycles. The molecule has 1 heterocycles. The highest BCUT2D eigenvalue weighted by Crippen LogP contribution is 2.24. The van der Waals surface area contributed by atoms with Gasteiger partial charge in [-0.3, -0.25) is 14.9 Å². The van der Waals surface area contributed by atoms with Crippen LogP contribution in [-0.4, -0.2) is 31.3 Å². The van der Waals surface area contributed by atoms with Crippen LogP contribution in [0.5, 0.6) is 0 Å². The first-order chi connectivity index (χ1) is 12.5. The highest BCUT2D eigenvalue weighted by atomic mass is 32.2. The zero-order chi connectivity index (χ0) is 18.5. The quantitative estimate of drug-likeness (QED) is 0.407. The molecule has 0 radical (unpaired) electrons. The van der Waals surface area contributed by atoms with E-state index in [9.17, 15) is 14.9 Å². The fourth-order valence-electron chi connectivity index (χ4n) is 2.27. The summed E-state index contributed by atoms with van der Waals surface area (Å²) in [5.41, 5.74) is 1.47. The van der Waals surface area contributed by atoms with Gasteiger partial charge in [0.25, 0.3) is 5.69 Å². The minimum atomic E-state index is -0.451. The molecule has 1 N–H and O–H groups in total. The first-order valence-corrected chi connectivity index (χ1v) is 8.65. The van der Waals surface area contributed by atoms with Crippen LogP contribution in [0, 0.1) is 10.1 Å². The van der Waals surface area contributed by atoms with E-state index in [1.807, 2.05) is 30.3 Å². The largest absolute Gasteiger partial charge is 0.325 e. The fraction of sp³-hybridized carbons (Fsp3) is 0.118. The molecule has 0 saturated heterocycles. The number of rotatable bonds is 6. The lowest BCUT2D eigenvalue weighted by molar-refractivity contribution is -0.384. The average molecular weight is 369 g/mol. The molecule has 0 bridgehead atoms. The first kappa shape index (κ1) is 17.6. The van der Waals surface area contributed by atoms with Crippen LogP contribution < -0.4 is 5.32 Å². The number of benzene rings is 2. The predicted molar refractivity (Wildman–Crippen MR) is 98.9 cm³/mol. The Labute approximate surface area is 153 Å². The van der Waals surface area contributed by atoms with Gasteiger partial charge in [-0.1, -0.05) is 30.0 Å². The maximum atomic E-state index is 12.0. The molecule has 3 rings (SSSR count). The van der Waals surface area contributed by atoms with Crippen molar-refractivity contribution < 1.29 is 9.72 Å². The van der Waals surface area contributed by atoms with E-state index in [2.05, 4.69) is 15.5 Å². The molecule has 1 amide bonds. The molecule has 9 heteroatoms. The molecule has 0 spiro atoms. The van der Waals surface area contributed by atoms with Crippen LogP contribution in [0.3, 0.4) is 0 Å². The molecular weight excluding hydrogens is 354 g/mol. The number of carbonyl (C=O) groups is 1. The molecule has 0 aliphatic heterocycles. The maximum Gasteiger partial charge on any atom is 0.269 e. The van der Waals surface area contributed by atoms with Crippen molar-refractivity contribution in [3.63, 3.8) is 0 Å². The molecule has 3 aromatic rings.